The van der Waals surface area contributed by atoms with Crippen molar-refractivity contribution in [2.24, 2.45) is 0 Å². The van der Waals surface area contributed by atoms with E-state index < -0.39 is 10.0 Å². The van der Waals surface area contributed by atoms with Crippen molar-refractivity contribution in [2.75, 3.05) is 22.4 Å². The summed E-state index contributed by atoms with van der Waals surface area (Å²) in [6, 6.07) is 12.8. The van der Waals surface area contributed by atoms with E-state index in [9.17, 15) is 13.2 Å². The van der Waals surface area contributed by atoms with Crippen LogP contribution >= 0.6 is 11.3 Å². The third-order valence-electron chi connectivity index (χ3n) is 6.35. The molecule has 0 saturated heterocycles. The summed E-state index contributed by atoms with van der Waals surface area (Å²) < 4.78 is 34.1. The number of nitrogens with one attached hydrogen (secondary N) is 1. The van der Waals surface area contributed by atoms with Crippen LogP contribution in [0.2, 0.25) is 0 Å². The third-order valence-corrected chi connectivity index (χ3v) is 9.29. The number of hydrogen-bond acceptors (Lipinski definition) is 8. The fourth-order valence-corrected chi connectivity index (χ4v) is 6.36. The van der Waals surface area contributed by atoms with Gasteiger partial charge in [0, 0.05) is 26.0 Å². The molecule has 0 unspecified atom stereocenters. The molecule has 1 amide bonds. The molecule has 12 heteroatoms. The summed E-state index contributed by atoms with van der Waals surface area (Å²) in [6.07, 6.45) is 8.53. The number of imidazole rings is 1. The molecule has 0 aliphatic carbocycles. The number of carbonyl (C=O) groups excluding carboxylic acids is 1. The van der Waals surface area contributed by atoms with Crippen LogP contribution in [-0.2, 0) is 23.0 Å². The Morgan fingerprint density at radius 3 is 2.77 bits per heavy atom. The van der Waals surface area contributed by atoms with Gasteiger partial charge in [-0.3, -0.25) is 19.4 Å². The number of hydrogen-bond donors (Lipinski definition) is 1. The highest BCUT2D eigenvalue weighted by Crippen LogP contribution is 2.30. The maximum Gasteiger partial charge on any atom is 0.268 e. The standard InChI is InChI=1S/C27H28N6O4S2/c1-3-4-14-39(35,36)32(2)20-7-8-22-21(15-20)30-27(33(22)13-11-19-6-5-12-28-16-19)31-26(34)25-10-9-24(38-25)23-17-29-18-37-23/h5-10,12,15-18H,3-4,11,13-14H2,1-2H3,(H,30,31,34). The number of benzene rings is 1. The summed E-state index contributed by atoms with van der Waals surface area (Å²) in [5.41, 5.74) is 2.93. The highest BCUT2D eigenvalue weighted by Gasteiger charge is 2.21. The molecule has 0 atom stereocenters. The van der Waals surface area contributed by atoms with E-state index in [0.717, 1.165) is 22.4 Å². The molecule has 10 nitrogen and oxygen atoms in total. The number of anilines is 2. The molecule has 0 radical (unpaired) electrons. The van der Waals surface area contributed by atoms with Gasteiger partial charge in [0.05, 0.1) is 38.4 Å². The number of unbranched alkanes of at least 4 members (excludes halogenated alkanes) is 1. The minimum Gasteiger partial charge on any atom is -0.443 e. The molecule has 5 rings (SSSR count). The van der Waals surface area contributed by atoms with Gasteiger partial charge in [-0.25, -0.2) is 18.4 Å². The number of aryl methyl sites for hydroxylation is 2. The van der Waals surface area contributed by atoms with Crippen LogP contribution in [0, 0.1) is 0 Å². The highest BCUT2D eigenvalue weighted by atomic mass is 32.2. The number of rotatable bonds is 11. The zero-order valence-electron chi connectivity index (χ0n) is 21.6. The van der Waals surface area contributed by atoms with Crippen LogP contribution in [0.3, 0.4) is 0 Å². The van der Waals surface area contributed by atoms with Gasteiger partial charge >= 0.3 is 0 Å². The molecule has 39 heavy (non-hydrogen) atoms. The Morgan fingerprint density at radius 2 is 2.03 bits per heavy atom. The van der Waals surface area contributed by atoms with Crippen LogP contribution in [0.5, 0.6) is 0 Å². The first-order valence-electron chi connectivity index (χ1n) is 12.5. The fourth-order valence-electron chi connectivity index (χ4n) is 4.14. The van der Waals surface area contributed by atoms with Gasteiger partial charge in [0.2, 0.25) is 16.0 Å². The molecule has 0 bridgehead atoms. The molecule has 0 aliphatic rings. The predicted molar refractivity (Wildman–Crippen MR) is 153 cm³/mol. The lowest BCUT2D eigenvalue weighted by Crippen LogP contribution is -2.28. The van der Waals surface area contributed by atoms with E-state index in [1.807, 2.05) is 42.0 Å². The first-order chi connectivity index (χ1) is 18.9. The van der Waals surface area contributed by atoms with Crippen molar-refractivity contribution in [1.29, 1.82) is 0 Å². The quantitative estimate of drug-likeness (QED) is 0.234. The third kappa shape index (κ3) is 5.86. The average Bonchev–Trinajstić information content (AvgIpc) is 3.71. The fraction of sp³-hybridized carbons (Fsp3) is 0.259. The molecular weight excluding hydrogens is 536 g/mol. The molecule has 0 fully saturated rings. The number of amides is 1. The first kappa shape index (κ1) is 26.6. The second-order valence-corrected chi connectivity index (χ2v) is 12.2. The molecule has 0 spiro atoms. The van der Waals surface area contributed by atoms with Crippen LogP contribution < -0.4 is 9.62 Å². The topological polar surface area (TPSA) is 123 Å². The Labute approximate surface area is 230 Å². The SMILES string of the molecule is CCCCS(=O)(=O)N(C)c1ccc2c(c1)nc(NC(=O)c1ccc(-c3cnco3)s1)n2CCc1cccnc1. The number of pyridine rings is 1. The van der Waals surface area contributed by atoms with Crippen molar-refractivity contribution in [3.05, 3.63) is 77.9 Å². The molecule has 4 heterocycles. The zero-order chi connectivity index (χ0) is 27.4. The number of nitrogens with zero attached hydrogens (tertiary/aromatic N) is 5. The predicted octanol–water partition coefficient (Wildman–Crippen LogP) is 5.21. The van der Waals surface area contributed by atoms with E-state index >= 15 is 0 Å². The number of thiophene rings is 1. The second-order valence-electron chi connectivity index (χ2n) is 8.99. The van der Waals surface area contributed by atoms with Gasteiger partial charge in [-0.1, -0.05) is 19.4 Å². The maximum absolute atomic E-state index is 13.2. The zero-order valence-corrected chi connectivity index (χ0v) is 23.2. The van der Waals surface area contributed by atoms with Gasteiger partial charge < -0.3 is 8.98 Å². The van der Waals surface area contributed by atoms with Crippen molar-refractivity contribution in [3.8, 4) is 10.6 Å². The number of aromatic nitrogens is 4. The minimum atomic E-state index is -3.45. The summed E-state index contributed by atoms with van der Waals surface area (Å²) in [5, 5.41) is 2.95. The van der Waals surface area contributed by atoms with Crippen molar-refractivity contribution in [2.45, 2.75) is 32.7 Å². The highest BCUT2D eigenvalue weighted by molar-refractivity contribution is 7.92. The van der Waals surface area contributed by atoms with E-state index in [0.29, 0.717) is 47.2 Å². The lowest BCUT2D eigenvalue weighted by molar-refractivity contribution is 0.102. The lowest BCUT2D eigenvalue weighted by Gasteiger charge is -2.19. The van der Waals surface area contributed by atoms with E-state index in [1.54, 1.807) is 37.6 Å². The molecule has 1 aromatic carbocycles. The lowest BCUT2D eigenvalue weighted by atomic mass is 10.2. The van der Waals surface area contributed by atoms with Crippen molar-refractivity contribution >= 4 is 49.9 Å². The first-order valence-corrected chi connectivity index (χ1v) is 14.9. The molecule has 1 N–H and O–H groups in total. The van der Waals surface area contributed by atoms with Gasteiger partial charge in [0.1, 0.15) is 0 Å². The Balaban J connectivity index is 1.46. The van der Waals surface area contributed by atoms with Crippen molar-refractivity contribution in [3.63, 3.8) is 0 Å². The Bertz CT molecular complexity index is 1680. The van der Waals surface area contributed by atoms with Crippen LogP contribution in [0.4, 0.5) is 11.6 Å². The molecular formula is C27H28N6O4S2. The number of oxazole rings is 1. The molecule has 5 aromatic rings. The van der Waals surface area contributed by atoms with Crippen LogP contribution in [0.1, 0.15) is 35.0 Å². The molecule has 4 aromatic heterocycles. The van der Waals surface area contributed by atoms with E-state index in [-0.39, 0.29) is 11.7 Å². The number of carbonyl (C=O) groups is 1. The normalized spacial score (nSPS) is 11.6. The Morgan fingerprint density at radius 1 is 1.15 bits per heavy atom. The van der Waals surface area contributed by atoms with Gasteiger partial charge in [0.25, 0.3) is 5.91 Å². The van der Waals surface area contributed by atoms with E-state index in [2.05, 4.69) is 15.3 Å². The van der Waals surface area contributed by atoms with Gasteiger partial charge in [-0.05, 0) is 54.8 Å². The van der Waals surface area contributed by atoms with Crippen molar-refractivity contribution < 1.29 is 17.6 Å². The molecule has 0 aliphatic heterocycles. The smallest absolute Gasteiger partial charge is 0.268 e. The monoisotopic (exact) mass is 564 g/mol. The largest absolute Gasteiger partial charge is 0.443 e. The van der Waals surface area contributed by atoms with Gasteiger partial charge in [0.15, 0.2) is 12.2 Å². The van der Waals surface area contributed by atoms with Crippen molar-refractivity contribution in [1.82, 2.24) is 19.5 Å². The minimum absolute atomic E-state index is 0.0791. The molecule has 202 valence electrons. The average molecular weight is 565 g/mol. The van der Waals surface area contributed by atoms with Crippen LogP contribution in [0.25, 0.3) is 21.7 Å². The molecule has 0 saturated carbocycles. The summed E-state index contributed by atoms with van der Waals surface area (Å²) in [7, 11) is -1.90. The summed E-state index contributed by atoms with van der Waals surface area (Å²) >= 11 is 1.29. The van der Waals surface area contributed by atoms with E-state index in [1.165, 1.54) is 22.0 Å². The summed E-state index contributed by atoms with van der Waals surface area (Å²) in [5.74, 6) is 0.745. The number of sulfonamides is 1. The van der Waals surface area contributed by atoms with E-state index in [4.69, 9.17) is 9.40 Å². The summed E-state index contributed by atoms with van der Waals surface area (Å²) in [6.45, 7) is 2.50. The van der Waals surface area contributed by atoms with Gasteiger partial charge in [-0.2, -0.15) is 0 Å². The second kappa shape index (κ2) is 11.4. The maximum atomic E-state index is 13.2. The van der Waals surface area contributed by atoms with Crippen LogP contribution in [-0.4, -0.2) is 46.6 Å². The summed E-state index contributed by atoms with van der Waals surface area (Å²) in [4.78, 5) is 27.3. The van der Waals surface area contributed by atoms with Crippen LogP contribution in [0.15, 0.2) is 71.9 Å². The van der Waals surface area contributed by atoms with Gasteiger partial charge in [-0.15, -0.1) is 11.3 Å². The Hall–Kier alpha value is -4.03. The Kier molecular flexibility index (Phi) is 7.75. The number of fused-ring (bicyclic) bond motifs is 1.